The van der Waals surface area contributed by atoms with Gasteiger partial charge in [0.2, 0.25) is 0 Å². The minimum Gasteiger partial charge on any atom is -0.376 e. The molecule has 0 aliphatic carbocycles. The lowest BCUT2D eigenvalue weighted by Gasteiger charge is -2.34. The first-order valence-corrected chi connectivity index (χ1v) is 11.9. The Morgan fingerprint density at radius 3 is 2.49 bits per heavy atom. The van der Waals surface area contributed by atoms with Gasteiger partial charge < -0.3 is 24.4 Å². The number of amides is 3. The van der Waals surface area contributed by atoms with E-state index in [0.29, 0.717) is 31.9 Å². The Morgan fingerprint density at radius 1 is 1.17 bits per heavy atom. The summed E-state index contributed by atoms with van der Waals surface area (Å²) in [4.78, 5) is 28.8. The summed E-state index contributed by atoms with van der Waals surface area (Å²) in [6.45, 7) is 6.91. The first-order chi connectivity index (χ1) is 16.9. The normalized spacial score (nSPS) is 18.5. The predicted molar refractivity (Wildman–Crippen MR) is 130 cm³/mol. The van der Waals surface area contributed by atoms with Crippen molar-refractivity contribution >= 4 is 23.7 Å². The summed E-state index contributed by atoms with van der Waals surface area (Å²) in [5.41, 5.74) is 3.49. The van der Waals surface area contributed by atoms with Crippen molar-refractivity contribution < 1.29 is 18.7 Å². The number of nitrogens with one attached hydrogen (secondary N) is 1. The molecule has 1 N–H and O–H groups in total. The van der Waals surface area contributed by atoms with Crippen LogP contribution in [0, 0.1) is 31.0 Å². The van der Waals surface area contributed by atoms with E-state index in [4.69, 9.17) is 4.74 Å². The average molecular weight is 480 g/mol. The van der Waals surface area contributed by atoms with Gasteiger partial charge in [0.1, 0.15) is 17.5 Å². The molecule has 2 fully saturated rings. The van der Waals surface area contributed by atoms with Crippen LogP contribution in [0.2, 0.25) is 0 Å². The zero-order valence-corrected chi connectivity index (χ0v) is 20.1. The van der Waals surface area contributed by atoms with Gasteiger partial charge >= 0.3 is 6.03 Å². The fraction of sp³-hybridized carbons (Fsp3) is 0.423. The fourth-order valence-corrected chi connectivity index (χ4v) is 4.56. The maximum Gasteiger partial charge on any atom is 0.321 e. The summed E-state index contributed by atoms with van der Waals surface area (Å²) in [5.74, 6) is -0.712. The number of aryl methyl sites for hydroxylation is 1. The van der Waals surface area contributed by atoms with Crippen LogP contribution in [-0.4, -0.2) is 65.2 Å². The van der Waals surface area contributed by atoms with E-state index >= 15 is 0 Å². The van der Waals surface area contributed by atoms with Crippen molar-refractivity contribution in [3.8, 4) is 6.07 Å². The van der Waals surface area contributed by atoms with Crippen molar-refractivity contribution in [2.24, 2.45) is 0 Å². The lowest BCUT2D eigenvalue weighted by molar-refractivity contribution is -0.127. The Labute approximate surface area is 204 Å². The Morgan fingerprint density at radius 2 is 1.86 bits per heavy atom. The number of halogens is 1. The van der Waals surface area contributed by atoms with Gasteiger partial charge in [-0.2, -0.15) is 5.26 Å². The molecule has 2 aromatic rings. The third-order valence-electron chi connectivity index (χ3n) is 6.62. The molecule has 2 aliphatic heterocycles. The Bertz CT molecular complexity index is 1150. The third-order valence-corrected chi connectivity index (χ3v) is 6.62. The number of nitriles is 1. The number of ether oxygens (including phenoxy) is 1. The topological polar surface area (TPSA) is 90.6 Å². The van der Waals surface area contributed by atoms with Crippen molar-refractivity contribution in [3.63, 3.8) is 0 Å². The summed E-state index contributed by atoms with van der Waals surface area (Å²) in [6, 6.07) is 9.29. The monoisotopic (exact) mass is 479 g/mol. The number of urea groups is 1. The highest BCUT2D eigenvalue weighted by atomic mass is 19.1. The lowest BCUT2D eigenvalue weighted by Crippen LogP contribution is -2.51. The number of hydrogen-bond acceptors (Lipinski definition) is 4. The molecular formula is C26H30FN5O3. The zero-order chi connectivity index (χ0) is 24.9. The van der Waals surface area contributed by atoms with Crippen molar-refractivity contribution in [2.75, 3.05) is 38.1 Å². The van der Waals surface area contributed by atoms with Crippen molar-refractivity contribution in [3.05, 3.63) is 58.7 Å². The third kappa shape index (κ3) is 5.72. The number of piperazine rings is 1. The van der Waals surface area contributed by atoms with Gasteiger partial charge in [-0.3, -0.25) is 4.79 Å². The Kier molecular flexibility index (Phi) is 7.51. The van der Waals surface area contributed by atoms with Crippen LogP contribution >= 0.6 is 0 Å². The molecule has 3 heterocycles. The summed E-state index contributed by atoms with van der Waals surface area (Å²) in [6.07, 6.45) is 3.97. The molecular weight excluding hydrogens is 449 g/mol. The Balaban J connectivity index is 1.37. The van der Waals surface area contributed by atoms with Crippen LogP contribution in [0.15, 0.2) is 35.9 Å². The number of carbonyl (C=O) groups excluding carboxylic acids is 2. The quantitative estimate of drug-likeness (QED) is 0.523. The number of anilines is 1. The highest BCUT2D eigenvalue weighted by Gasteiger charge is 2.27. The van der Waals surface area contributed by atoms with Gasteiger partial charge in [-0.1, -0.05) is 0 Å². The maximum absolute atomic E-state index is 13.1. The molecule has 2 saturated heterocycles. The number of nitrogens with zero attached hydrogens (tertiary/aromatic N) is 4. The van der Waals surface area contributed by atoms with Crippen LogP contribution in [0.1, 0.15) is 29.8 Å². The van der Waals surface area contributed by atoms with Crippen LogP contribution in [0.5, 0.6) is 0 Å². The van der Waals surface area contributed by atoms with Crippen molar-refractivity contribution in [2.45, 2.75) is 39.3 Å². The van der Waals surface area contributed by atoms with E-state index in [-0.39, 0.29) is 29.4 Å². The van der Waals surface area contributed by atoms with Gasteiger partial charge in [0.05, 0.1) is 6.10 Å². The summed E-state index contributed by atoms with van der Waals surface area (Å²) < 4.78 is 21.0. The molecule has 4 rings (SSSR count). The van der Waals surface area contributed by atoms with E-state index in [2.05, 4.69) is 16.0 Å². The van der Waals surface area contributed by atoms with Crippen molar-refractivity contribution in [1.82, 2.24) is 14.4 Å². The van der Waals surface area contributed by atoms with Gasteiger partial charge in [-0.05, 0) is 68.7 Å². The molecule has 9 heteroatoms. The van der Waals surface area contributed by atoms with Crippen LogP contribution in [0.3, 0.4) is 0 Å². The van der Waals surface area contributed by atoms with Crippen LogP contribution < -0.4 is 5.32 Å². The standard InChI is InChI=1S/C26H30FN5O3/c1-18-14-20(19(2)32(18)17-24-4-3-13-35-24)15-21(16-28)25(33)30-9-11-31(12-10-30)26(34)29-23-7-5-22(27)6-8-23/h5-8,14-15,24H,3-4,9-13,17H2,1-2H3,(H,29,34)/b21-15+/t24-/m1/s1. The first-order valence-electron chi connectivity index (χ1n) is 11.9. The van der Waals surface area contributed by atoms with Crippen LogP contribution in [0.25, 0.3) is 6.08 Å². The number of benzene rings is 1. The molecule has 2 aliphatic rings. The van der Waals surface area contributed by atoms with Gasteiger partial charge in [-0.25, -0.2) is 9.18 Å². The van der Waals surface area contributed by atoms with E-state index in [1.807, 2.05) is 19.9 Å². The smallest absolute Gasteiger partial charge is 0.321 e. The maximum atomic E-state index is 13.1. The number of hydrogen-bond donors (Lipinski definition) is 1. The molecule has 0 radical (unpaired) electrons. The lowest BCUT2D eigenvalue weighted by atomic mass is 10.1. The highest BCUT2D eigenvalue weighted by Crippen LogP contribution is 2.23. The summed E-state index contributed by atoms with van der Waals surface area (Å²) in [5, 5.41) is 12.4. The van der Waals surface area contributed by atoms with Gasteiger partial charge in [0, 0.05) is 56.4 Å². The number of carbonyl (C=O) groups is 2. The van der Waals surface area contributed by atoms with Crippen LogP contribution in [-0.2, 0) is 16.1 Å². The molecule has 8 nitrogen and oxygen atoms in total. The van der Waals surface area contributed by atoms with Gasteiger partial charge in [-0.15, -0.1) is 0 Å². The van der Waals surface area contributed by atoms with E-state index in [1.54, 1.807) is 15.9 Å². The minimum absolute atomic E-state index is 0.0755. The van der Waals surface area contributed by atoms with Gasteiger partial charge in [0.15, 0.2) is 0 Å². The van der Waals surface area contributed by atoms with Crippen LogP contribution in [0.4, 0.5) is 14.9 Å². The van der Waals surface area contributed by atoms with Gasteiger partial charge in [0.25, 0.3) is 5.91 Å². The SMILES string of the molecule is Cc1cc(/C=C(\C#N)C(=O)N2CCN(C(=O)Nc3ccc(F)cc3)CC2)c(C)n1C[C@H]1CCCO1. The molecule has 0 saturated carbocycles. The van der Waals surface area contributed by atoms with E-state index < -0.39 is 0 Å². The average Bonchev–Trinajstić information content (AvgIpc) is 3.47. The molecule has 1 atom stereocenters. The van der Waals surface area contributed by atoms with E-state index in [9.17, 15) is 19.2 Å². The second-order valence-corrected chi connectivity index (χ2v) is 8.96. The predicted octanol–water partition coefficient (Wildman–Crippen LogP) is 3.71. The number of aromatic nitrogens is 1. The Hall–Kier alpha value is -3.64. The largest absolute Gasteiger partial charge is 0.376 e. The second kappa shape index (κ2) is 10.7. The zero-order valence-electron chi connectivity index (χ0n) is 20.1. The molecule has 1 aromatic carbocycles. The second-order valence-electron chi connectivity index (χ2n) is 8.96. The highest BCUT2D eigenvalue weighted by molar-refractivity contribution is 6.02. The fourth-order valence-electron chi connectivity index (χ4n) is 4.56. The summed E-state index contributed by atoms with van der Waals surface area (Å²) >= 11 is 0. The van der Waals surface area contributed by atoms with Crippen molar-refractivity contribution in [1.29, 1.82) is 5.26 Å². The molecule has 184 valence electrons. The summed E-state index contributed by atoms with van der Waals surface area (Å²) in [7, 11) is 0. The molecule has 0 bridgehead atoms. The molecule has 0 unspecified atom stereocenters. The van der Waals surface area contributed by atoms with E-state index in [1.165, 1.54) is 24.3 Å². The molecule has 3 amide bonds. The molecule has 1 aromatic heterocycles. The first kappa shape index (κ1) is 24.5. The molecule has 0 spiro atoms. The molecule has 35 heavy (non-hydrogen) atoms. The number of rotatable bonds is 5. The van der Waals surface area contributed by atoms with E-state index in [0.717, 1.165) is 42.9 Å². The minimum atomic E-state index is -0.374.